The van der Waals surface area contributed by atoms with Gasteiger partial charge >= 0.3 is 0 Å². The molecule has 0 atom stereocenters. The first-order valence-corrected chi connectivity index (χ1v) is 5.89. The minimum Gasteiger partial charge on any atom is -0.0610 e. The second-order valence-electron chi connectivity index (χ2n) is 4.65. The smallest absolute Gasteiger partial charge is 0.00179 e. The molecule has 0 aliphatic carbocycles. The quantitative estimate of drug-likeness (QED) is 0.373. The first-order valence-electron chi connectivity index (χ1n) is 5.89. The highest BCUT2D eigenvalue weighted by atomic mass is 14.1. The molecule has 1 radical (unpaired) electrons. The van der Waals surface area contributed by atoms with Crippen LogP contribution in [0.15, 0.2) is 48.5 Å². The van der Waals surface area contributed by atoms with E-state index < -0.39 is 0 Å². The van der Waals surface area contributed by atoms with Crippen molar-refractivity contribution in [3.63, 3.8) is 0 Å². The SMILES string of the molecule is Cc1c[c]c2ccc3cccc4ccc1c2c34. The fraction of sp³-hybridized carbons (Fsp3) is 0.0588. The molecular formula is C17H11. The third-order valence-electron chi connectivity index (χ3n) is 3.65. The third-order valence-corrected chi connectivity index (χ3v) is 3.65. The maximum atomic E-state index is 3.38. The Bertz CT molecular complexity index is 824. The van der Waals surface area contributed by atoms with Crippen molar-refractivity contribution in [3.8, 4) is 0 Å². The number of benzene rings is 4. The molecule has 4 aromatic rings. The lowest BCUT2D eigenvalue weighted by atomic mass is 9.92. The van der Waals surface area contributed by atoms with Crippen molar-refractivity contribution >= 4 is 32.3 Å². The van der Waals surface area contributed by atoms with Crippen molar-refractivity contribution in [2.45, 2.75) is 6.92 Å². The van der Waals surface area contributed by atoms with E-state index in [1.54, 1.807) is 0 Å². The van der Waals surface area contributed by atoms with Crippen molar-refractivity contribution < 1.29 is 0 Å². The Kier molecular flexibility index (Phi) is 1.58. The summed E-state index contributed by atoms with van der Waals surface area (Å²) in [6.45, 7) is 2.16. The van der Waals surface area contributed by atoms with Gasteiger partial charge in [-0.25, -0.2) is 0 Å². The standard InChI is InChI=1S/C17H11/c1-11-5-6-14-8-7-12-3-2-4-13-9-10-15(11)17(14)16(12)13/h2-5,7-10H,1H3. The zero-order chi connectivity index (χ0) is 11.4. The van der Waals surface area contributed by atoms with Gasteiger partial charge in [-0.15, -0.1) is 0 Å². The van der Waals surface area contributed by atoms with Gasteiger partial charge in [0, 0.05) is 0 Å². The Morgan fingerprint density at radius 1 is 0.824 bits per heavy atom. The molecule has 4 rings (SSSR count). The molecule has 0 fully saturated rings. The summed E-state index contributed by atoms with van der Waals surface area (Å²) >= 11 is 0. The largest absolute Gasteiger partial charge is 0.0610 e. The van der Waals surface area contributed by atoms with E-state index in [1.807, 2.05) is 0 Å². The lowest BCUT2D eigenvalue weighted by Gasteiger charge is -2.11. The molecule has 0 bridgehead atoms. The van der Waals surface area contributed by atoms with Gasteiger partial charge in [0.2, 0.25) is 0 Å². The molecule has 0 aromatic heterocycles. The molecule has 79 valence electrons. The predicted molar refractivity (Wildman–Crippen MR) is 73.7 cm³/mol. The zero-order valence-corrected chi connectivity index (χ0v) is 9.62. The number of hydrogen-bond donors (Lipinski definition) is 0. The second kappa shape index (κ2) is 2.98. The van der Waals surface area contributed by atoms with Gasteiger partial charge in [-0.2, -0.15) is 0 Å². The summed E-state index contributed by atoms with van der Waals surface area (Å²) in [6.07, 6.45) is 0. The fourth-order valence-corrected chi connectivity index (χ4v) is 2.80. The van der Waals surface area contributed by atoms with Gasteiger partial charge in [-0.05, 0) is 50.9 Å². The third kappa shape index (κ3) is 1.07. The van der Waals surface area contributed by atoms with Crippen LogP contribution >= 0.6 is 0 Å². The molecule has 0 unspecified atom stereocenters. The summed E-state index contributed by atoms with van der Waals surface area (Å²) in [5.74, 6) is 0. The van der Waals surface area contributed by atoms with E-state index in [0.29, 0.717) is 0 Å². The first kappa shape index (κ1) is 9.00. The van der Waals surface area contributed by atoms with Crippen molar-refractivity contribution in [3.05, 3.63) is 60.2 Å². The van der Waals surface area contributed by atoms with Crippen molar-refractivity contribution in [1.29, 1.82) is 0 Å². The maximum Gasteiger partial charge on any atom is -0.00179 e. The van der Waals surface area contributed by atoms with Gasteiger partial charge in [0.15, 0.2) is 0 Å². The molecule has 0 aliphatic rings. The Morgan fingerprint density at radius 3 is 2.41 bits per heavy atom. The highest BCUT2D eigenvalue weighted by molar-refractivity contribution is 6.23. The molecule has 4 aromatic carbocycles. The fourth-order valence-electron chi connectivity index (χ4n) is 2.80. The highest BCUT2D eigenvalue weighted by Crippen LogP contribution is 2.35. The summed E-state index contributed by atoms with van der Waals surface area (Å²) in [5.41, 5.74) is 1.30. The van der Waals surface area contributed by atoms with Crippen LogP contribution in [0, 0.1) is 13.0 Å². The van der Waals surface area contributed by atoms with E-state index in [2.05, 4.69) is 61.5 Å². The average Bonchev–Trinajstić information content (AvgIpc) is 2.38. The maximum absolute atomic E-state index is 3.38. The predicted octanol–water partition coefficient (Wildman–Crippen LogP) is 4.69. The van der Waals surface area contributed by atoms with Crippen LogP contribution < -0.4 is 0 Å². The highest BCUT2D eigenvalue weighted by Gasteiger charge is 2.08. The lowest BCUT2D eigenvalue weighted by Crippen LogP contribution is -1.85. The molecule has 17 heavy (non-hydrogen) atoms. The summed E-state index contributed by atoms with van der Waals surface area (Å²) in [4.78, 5) is 0. The van der Waals surface area contributed by atoms with Crippen LogP contribution in [-0.2, 0) is 0 Å². The van der Waals surface area contributed by atoms with Crippen molar-refractivity contribution in [2.75, 3.05) is 0 Å². The Balaban J connectivity index is 2.48. The molecule has 0 heterocycles. The van der Waals surface area contributed by atoms with Gasteiger partial charge in [0.1, 0.15) is 0 Å². The summed E-state index contributed by atoms with van der Waals surface area (Å²) in [7, 11) is 0. The minimum absolute atomic E-state index is 1.22. The molecule has 0 N–H and O–H groups in total. The van der Waals surface area contributed by atoms with Crippen LogP contribution in [0.5, 0.6) is 0 Å². The van der Waals surface area contributed by atoms with Crippen LogP contribution in [0.25, 0.3) is 32.3 Å². The van der Waals surface area contributed by atoms with Crippen LogP contribution in [0.1, 0.15) is 5.56 Å². The summed E-state index contributed by atoms with van der Waals surface area (Å²) in [5, 5.41) is 7.94. The van der Waals surface area contributed by atoms with E-state index in [-0.39, 0.29) is 0 Å². The van der Waals surface area contributed by atoms with Gasteiger partial charge < -0.3 is 0 Å². The van der Waals surface area contributed by atoms with Crippen LogP contribution in [-0.4, -0.2) is 0 Å². The van der Waals surface area contributed by atoms with E-state index in [1.165, 1.54) is 37.9 Å². The molecule has 0 aliphatic heterocycles. The van der Waals surface area contributed by atoms with E-state index in [9.17, 15) is 0 Å². The molecule has 0 nitrogen and oxygen atoms in total. The van der Waals surface area contributed by atoms with E-state index in [4.69, 9.17) is 0 Å². The van der Waals surface area contributed by atoms with E-state index in [0.717, 1.165) is 0 Å². The van der Waals surface area contributed by atoms with Gasteiger partial charge in [-0.3, -0.25) is 0 Å². The van der Waals surface area contributed by atoms with E-state index >= 15 is 0 Å². The number of hydrogen-bond acceptors (Lipinski definition) is 0. The number of aryl methyl sites for hydroxylation is 1. The normalized spacial score (nSPS) is 11.8. The molecule has 0 amide bonds. The Hall–Kier alpha value is -2.08. The van der Waals surface area contributed by atoms with Crippen molar-refractivity contribution in [1.82, 2.24) is 0 Å². The number of rotatable bonds is 0. The first-order chi connectivity index (χ1) is 8.34. The van der Waals surface area contributed by atoms with Crippen molar-refractivity contribution in [2.24, 2.45) is 0 Å². The second-order valence-corrected chi connectivity index (χ2v) is 4.65. The van der Waals surface area contributed by atoms with Gasteiger partial charge in [0.25, 0.3) is 0 Å². The van der Waals surface area contributed by atoms with Gasteiger partial charge in [0.05, 0.1) is 0 Å². The lowest BCUT2D eigenvalue weighted by molar-refractivity contribution is 1.54. The average molecular weight is 215 g/mol. The molecule has 0 saturated heterocycles. The topological polar surface area (TPSA) is 0 Å². The summed E-state index contributed by atoms with van der Waals surface area (Å²) < 4.78 is 0. The van der Waals surface area contributed by atoms with Gasteiger partial charge in [-0.1, -0.05) is 48.5 Å². The van der Waals surface area contributed by atoms with Crippen LogP contribution in [0.2, 0.25) is 0 Å². The zero-order valence-electron chi connectivity index (χ0n) is 9.62. The minimum atomic E-state index is 1.22. The Morgan fingerprint density at radius 2 is 1.59 bits per heavy atom. The van der Waals surface area contributed by atoms with Crippen LogP contribution in [0.4, 0.5) is 0 Å². The molecule has 0 heteroatoms. The molecular weight excluding hydrogens is 204 g/mol. The van der Waals surface area contributed by atoms with Crippen LogP contribution in [0.3, 0.4) is 0 Å². The summed E-state index contributed by atoms with van der Waals surface area (Å²) in [6, 6.07) is 20.8. The molecule has 0 spiro atoms. The monoisotopic (exact) mass is 215 g/mol. The molecule has 0 saturated carbocycles. The Labute approximate surface area is 99.8 Å².